The maximum atomic E-state index is 13.7. The molecule has 1 aromatic carbocycles. The van der Waals surface area contributed by atoms with Gasteiger partial charge in [0, 0.05) is 23.6 Å². The van der Waals surface area contributed by atoms with E-state index >= 15 is 0 Å². The van der Waals surface area contributed by atoms with Gasteiger partial charge in [-0.2, -0.15) is 0 Å². The van der Waals surface area contributed by atoms with Crippen LogP contribution in [0.15, 0.2) is 18.2 Å². The van der Waals surface area contributed by atoms with Crippen molar-refractivity contribution in [2.24, 2.45) is 5.92 Å². The van der Waals surface area contributed by atoms with Crippen LogP contribution in [0.3, 0.4) is 0 Å². The lowest BCUT2D eigenvalue weighted by Gasteiger charge is -2.30. The van der Waals surface area contributed by atoms with Crippen LogP contribution < -0.4 is 5.32 Å². The Kier molecular flexibility index (Phi) is 4.04. The standard InChI is InChI=1S/C12H12F2N2O2S/c13-6-7-1-4-11(15-12(7)19)9-5-8(16(17)18)2-3-10(9)14/h2-3,5,7,11H,1,4,6H2,(H,15,19). The molecule has 2 unspecified atom stereocenters. The maximum Gasteiger partial charge on any atom is 0.269 e. The Balaban J connectivity index is 2.25. The van der Waals surface area contributed by atoms with Crippen molar-refractivity contribution in [3.8, 4) is 0 Å². The van der Waals surface area contributed by atoms with Gasteiger partial charge in [0.2, 0.25) is 0 Å². The van der Waals surface area contributed by atoms with Crippen molar-refractivity contribution >= 4 is 22.9 Å². The second-order valence-corrected chi connectivity index (χ2v) is 4.89. The summed E-state index contributed by atoms with van der Waals surface area (Å²) in [6.07, 6.45) is 1.00. The van der Waals surface area contributed by atoms with Crippen LogP contribution in [0.2, 0.25) is 0 Å². The van der Waals surface area contributed by atoms with Crippen LogP contribution in [-0.4, -0.2) is 16.6 Å². The zero-order chi connectivity index (χ0) is 14.0. The van der Waals surface area contributed by atoms with Crippen LogP contribution in [0.5, 0.6) is 0 Å². The number of nitrogens with zero attached hydrogens (tertiary/aromatic N) is 1. The minimum absolute atomic E-state index is 0.170. The van der Waals surface area contributed by atoms with Crippen molar-refractivity contribution in [2.75, 3.05) is 6.67 Å². The van der Waals surface area contributed by atoms with E-state index in [1.807, 2.05) is 0 Å². The molecule has 1 N–H and O–H groups in total. The second kappa shape index (κ2) is 5.56. The van der Waals surface area contributed by atoms with Crippen molar-refractivity contribution in [1.29, 1.82) is 0 Å². The predicted molar refractivity (Wildman–Crippen MR) is 70.2 cm³/mol. The largest absolute Gasteiger partial charge is 0.372 e. The molecule has 19 heavy (non-hydrogen) atoms. The summed E-state index contributed by atoms with van der Waals surface area (Å²) < 4.78 is 26.4. The average Bonchev–Trinajstić information content (AvgIpc) is 2.38. The summed E-state index contributed by atoms with van der Waals surface area (Å²) in [6.45, 7) is -0.546. The number of benzene rings is 1. The second-order valence-electron chi connectivity index (χ2n) is 4.45. The summed E-state index contributed by atoms with van der Waals surface area (Å²) in [5.41, 5.74) is 0.0330. The molecular formula is C12H12F2N2O2S. The van der Waals surface area contributed by atoms with E-state index in [0.717, 1.165) is 12.1 Å². The molecule has 0 aromatic heterocycles. The van der Waals surface area contributed by atoms with Gasteiger partial charge >= 0.3 is 0 Å². The van der Waals surface area contributed by atoms with Gasteiger partial charge in [0.05, 0.1) is 22.6 Å². The number of hydrogen-bond acceptors (Lipinski definition) is 3. The highest BCUT2D eigenvalue weighted by atomic mass is 32.1. The first kappa shape index (κ1) is 13.8. The predicted octanol–water partition coefficient (Wildman–Crippen LogP) is 3.07. The SMILES string of the molecule is O=[N+]([O-])c1ccc(F)c(C2CCC(CF)C(=S)N2)c1. The van der Waals surface area contributed by atoms with Crippen LogP contribution in [0, 0.1) is 21.8 Å². The van der Waals surface area contributed by atoms with Crippen LogP contribution >= 0.6 is 12.2 Å². The fourth-order valence-corrected chi connectivity index (χ4v) is 2.48. The molecule has 7 heteroatoms. The zero-order valence-electron chi connectivity index (χ0n) is 9.94. The van der Waals surface area contributed by atoms with E-state index in [-0.39, 0.29) is 17.2 Å². The van der Waals surface area contributed by atoms with Crippen LogP contribution in [0.1, 0.15) is 24.4 Å². The fourth-order valence-electron chi connectivity index (χ4n) is 2.15. The topological polar surface area (TPSA) is 55.2 Å². The van der Waals surface area contributed by atoms with Crippen LogP contribution in [0.25, 0.3) is 0 Å². The summed E-state index contributed by atoms with van der Waals surface area (Å²) in [5.74, 6) is -0.863. The van der Waals surface area contributed by atoms with Gasteiger partial charge in [0.25, 0.3) is 5.69 Å². The Labute approximate surface area is 114 Å². The number of rotatable bonds is 3. The number of piperidine rings is 1. The third kappa shape index (κ3) is 2.86. The van der Waals surface area contributed by atoms with E-state index in [9.17, 15) is 18.9 Å². The number of alkyl halides is 1. The van der Waals surface area contributed by atoms with Gasteiger partial charge in [0.1, 0.15) is 5.82 Å². The van der Waals surface area contributed by atoms with Gasteiger partial charge < -0.3 is 5.32 Å². The maximum absolute atomic E-state index is 13.7. The molecule has 1 aliphatic heterocycles. The van der Waals surface area contributed by atoms with Crippen molar-refractivity contribution in [3.63, 3.8) is 0 Å². The molecule has 0 spiro atoms. The summed E-state index contributed by atoms with van der Waals surface area (Å²) in [6, 6.07) is 2.95. The Morgan fingerprint density at radius 1 is 1.47 bits per heavy atom. The van der Waals surface area contributed by atoms with E-state index in [4.69, 9.17) is 12.2 Å². The molecule has 2 rings (SSSR count). The van der Waals surface area contributed by atoms with Crippen molar-refractivity contribution in [1.82, 2.24) is 5.32 Å². The lowest BCUT2D eigenvalue weighted by atomic mass is 9.91. The van der Waals surface area contributed by atoms with Gasteiger partial charge in [-0.15, -0.1) is 0 Å². The first-order valence-corrected chi connectivity index (χ1v) is 6.24. The smallest absolute Gasteiger partial charge is 0.269 e. The first-order valence-electron chi connectivity index (χ1n) is 5.83. The molecule has 0 saturated carbocycles. The zero-order valence-corrected chi connectivity index (χ0v) is 10.8. The molecule has 1 fully saturated rings. The molecule has 1 saturated heterocycles. The van der Waals surface area contributed by atoms with Gasteiger partial charge in [-0.1, -0.05) is 12.2 Å². The molecular weight excluding hydrogens is 274 g/mol. The molecule has 1 heterocycles. The highest BCUT2D eigenvalue weighted by Crippen LogP contribution is 2.31. The number of halogens is 2. The lowest BCUT2D eigenvalue weighted by molar-refractivity contribution is -0.385. The number of nitrogens with one attached hydrogen (secondary N) is 1. The number of non-ortho nitro benzene ring substituents is 1. The third-order valence-electron chi connectivity index (χ3n) is 3.24. The average molecular weight is 286 g/mol. The van der Waals surface area contributed by atoms with Crippen LogP contribution in [-0.2, 0) is 0 Å². The van der Waals surface area contributed by atoms with Crippen molar-refractivity contribution in [2.45, 2.75) is 18.9 Å². The number of nitro benzene ring substituents is 1. The Morgan fingerprint density at radius 3 is 2.79 bits per heavy atom. The minimum Gasteiger partial charge on any atom is -0.372 e. The lowest BCUT2D eigenvalue weighted by Crippen LogP contribution is -2.39. The monoisotopic (exact) mass is 286 g/mol. The van der Waals surface area contributed by atoms with Gasteiger partial charge in [-0.25, -0.2) is 4.39 Å². The molecule has 1 aliphatic rings. The van der Waals surface area contributed by atoms with Gasteiger partial charge in [-0.3, -0.25) is 14.5 Å². The summed E-state index contributed by atoms with van der Waals surface area (Å²) in [5, 5.41) is 13.6. The first-order chi connectivity index (χ1) is 9.02. The highest BCUT2D eigenvalue weighted by molar-refractivity contribution is 7.80. The Hall–Kier alpha value is -1.63. The number of hydrogen-bond donors (Lipinski definition) is 1. The fraction of sp³-hybridized carbons (Fsp3) is 0.417. The third-order valence-corrected chi connectivity index (χ3v) is 3.69. The van der Waals surface area contributed by atoms with E-state index in [1.54, 1.807) is 0 Å². The molecule has 0 amide bonds. The Bertz CT molecular complexity index is 524. The van der Waals surface area contributed by atoms with Gasteiger partial charge in [0.15, 0.2) is 0 Å². The number of thiocarbonyl (C=S) groups is 1. The van der Waals surface area contributed by atoms with Gasteiger partial charge in [-0.05, 0) is 18.9 Å². The molecule has 0 radical (unpaired) electrons. The van der Waals surface area contributed by atoms with E-state index in [1.165, 1.54) is 6.07 Å². The normalized spacial score (nSPS) is 22.9. The molecule has 4 nitrogen and oxygen atoms in total. The van der Waals surface area contributed by atoms with E-state index in [0.29, 0.717) is 17.8 Å². The number of nitro groups is 1. The van der Waals surface area contributed by atoms with Crippen molar-refractivity contribution < 1.29 is 13.7 Å². The molecule has 0 aliphatic carbocycles. The van der Waals surface area contributed by atoms with E-state index in [2.05, 4.69) is 5.32 Å². The van der Waals surface area contributed by atoms with E-state index < -0.39 is 23.5 Å². The molecule has 0 bridgehead atoms. The molecule has 102 valence electrons. The Morgan fingerprint density at radius 2 is 2.21 bits per heavy atom. The van der Waals surface area contributed by atoms with Crippen molar-refractivity contribution in [3.05, 3.63) is 39.7 Å². The molecule has 1 aromatic rings. The summed E-state index contributed by atoms with van der Waals surface area (Å²) >= 11 is 5.02. The summed E-state index contributed by atoms with van der Waals surface area (Å²) in [7, 11) is 0. The molecule has 2 atom stereocenters. The summed E-state index contributed by atoms with van der Waals surface area (Å²) in [4.78, 5) is 10.5. The quantitative estimate of drug-likeness (QED) is 0.527. The highest BCUT2D eigenvalue weighted by Gasteiger charge is 2.28. The minimum atomic E-state index is -0.575. The van der Waals surface area contributed by atoms with Crippen LogP contribution in [0.4, 0.5) is 14.5 Å².